The third kappa shape index (κ3) is 4.38. The van der Waals surface area contributed by atoms with Crippen molar-refractivity contribution in [1.82, 2.24) is 10.6 Å². The molecule has 2 amide bonds. The van der Waals surface area contributed by atoms with Gasteiger partial charge < -0.3 is 25.6 Å². The number of carbonyl (C=O) groups excluding carboxylic acids is 1. The molecule has 1 aliphatic carbocycles. The van der Waals surface area contributed by atoms with E-state index < -0.39 is 18.2 Å². The summed E-state index contributed by atoms with van der Waals surface area (Å²) in [7, 11) is 0. The molecule has 4 N–H and O–H groups in total. The van der Waals surface area contributed by atoms with Gasteiger partial charge in [-0.2, -0.15) is 0 Å². The molecule has 0 bridgehead atoms. The number of carbonyl (C=O) groups is 2. The highest BCUT2D eigenvalue weighted by Crippen LogP contribution is 2.44. The van der Waals surface area contributed by atoms with Crippen LogP contribution in [0, 0.1) is 0 Å². The normalized spacial score (nSPS) is 13.4. The Morgan fingerprint density at radius 1 is 1.04 bits per heavy atom. The lowest BCUT2D eigenvalue weighted by Crippen LogP contribution is -2.40. The molecule has 0 spiro atoms. The number of ether oxygens (including phenoxy) is 1. The fourth-order valence-corrected chi connectivity index (χ4v) is 3.37. The minimum atomic E-state index is -1.15. The number of aliphatic hydroxyl groups excluding tert-OH is 1. The number of alkyl carbamates (subject to hydrolysis) is 1. The van der Waals surface area contributed by atoms with Crippen LogP contribution in [0.2, 0.25) is 0 Å². The SMILES string of the molecule is O=C(O)NCC[C@@H](CO)NC(=O)OCC1c2ccccc2-c2ccccc21. The van der Waals surface area contributed by atoms with E-state index in [4.69, 9.17) is 9.84 Å². The van der Waals surface area contributed by atoms with Crippen LogP contribution in [0.25, 0.3) is 11.1 Å². The van der Waals surface area contributed by atoms with Crippen molar-refractivity contribution in [3.63, 3.8) is 0 Å². The molecule has 0 radical (unpaired) electrons. The number of hydrogen-bond acceptors (Lipinski definition) is 4. The van der Waals surface area contributed by atoms with Gasteiger partial charge in [0.2, 0.25) is 0 Å². The summed E-state index contributed by atoms with van der Waals surface area (Å²) in [6.07, 6.45) is -1.51. The zero-order chi connectivity index (χ0) is 19.2. The van der Waals surface area contributed by atoms with Gasteiger partial charge in [-0.15, -0.1) is 0 Å². The van der Waals surface area contributed by atoms with Crippen molar-refractivity contribution < 1.29 is 24.5 Å². The van der Waals surface area contributed by atoms with Crippen LogP contribution in [0.1, 0.15) is 23.5 Å². The summed E-state index contributed by atoms with van der Waals surface area (Å²) in [6.45, 7) is 0.0150. The summed E-state index contributed by atoms with van der Waals surface area (Å²) in [4.78, 5) is 22.6. The number of nitrogens with one attached hydrogen (secondary N) is 2. The summed E-state index contributed by atoms with van der Waals surface area (Å²) in [5, 5.41) is 22.7. The molecule has 142 valence electrons. The van der Waals surface area contributed by atoms with E-state index in [-0.39, 0.29) is 32.1 Å². The van der Waals surface area contributed by atoms with Gasteiger partial charge in [-0.25, -0.2) is 9.59 Å². The van der Waals surface area contributed by atoms with Crippen LogP contribution in [-0.4, -0.2) is 48.2 Å². The largest absolute Gasteiger partial charge is 0.465 e. The molecule has 0 saturated carbocycles. The van der Waals surface area contributed by atoms with Crippen molar-refractivity contribution in [2.24, 2.45) is 0 Å². The Bertz CT molecular complexity index is 778. The van der Waals surface area contributed by atoms with Crippen molar-refractivity contribution in [2.45, 2.75) is 18.4 Å². The second-order valence-electron chi connectivity index (χ2n) is 6.37. The molecule has 0 aliphatic heterocycles. The van der Waals surface area contributed by atoms with E-state index in [9.17, 15) is 14.7 Å². The van der Waals surface area contributed by atoms with Crippen molar-refractivity contribution in [2.75, 3.05) is 19.8 Å². The standard InChI is InChI=1S/C20H22N2O5/c23-11-13(9-10-21-19(24)25)22-20(26)27-12-18-16-7-3-1-5-14(16)15-6-2-4-8-17(15)18/h1-8,13,18,21,23H,9-12H2,(H,22,26)(H,24,25)/t13-/m0/s1. The zero-order valence-corrected chi connectivity index (χ0v) is 14.7. The van der Waals surface area contributed by atoms with Gasteiger partial charge in [0, 0.05) is 12.5 Å². The first-order valence-corrected chi connectivity index (χ1v) is 8.79. The molecular weight excluding hydrogens is 348 g/mol. The highest BCUT2D eigenvalue weighted by atomic mass is 16.5. The summed E-state index contributed by atoms with van der Waals surface area (Å²) in [5.74, 6) is -0.0376. The fourth-order valence-electron chi connectivity index (χ4n) is 3.37. The Labute approximate surface area is 157 Å². The second-order valence-corrected chi connectivity index (χ2v) is 6.37. The van der Waals surface area contributed by atoms with Crippen LogP contribution in [0.15, 0.2) is 48.5 Å². The van der Waals surface area contributed by atoms with E-state index in [1.54, 1.807) is 0 Å². The molecule has 0 unspecified atom stereocenters. The molecule has 0 fully saturated rings. The molecule has 0 aromatic heterocycles. The third-order valence-corrected chi connectivity index (χ3v) is 4.66. The molecule has 1 atom stereocenters. The quantitative estimate of drug-likeness (QED) is 0.599. The number of fused-ring (bicyclic) bond motifs is 3. The Hall–Kier alpha value is -3.06. The van der Waals surface area contributed by atoms with Crippen LogP contribution in [0.3, 0.4) is 0 Å². The van der Waals surface area contributed by atoms with Gasteiger partial charge in [-0.3, -0.25) is 0 Å². The highest BCUT2D eigenvalue weighted by molar-refractivity contribution is 5.79. The maximum absolute atomic E-state index is 12.1. The summed E-state index contributed by atoms with van der Waals surface area (Å²) < 4.78 is 5.40. The lowest BCUT2D eigenvalue weighted by Gasteiger charge is -2.18. The topological polar surface area (TPSA) is 108 Å². The van der Waals surface area contributed by atoms with Crippen LogP contribution in [0.5, 0.6) is 0 Å². The van der Waals surface area contributed by atoms with Crippen molar-refractivity contribution >= 4 is 12.2 Å². The van der Waals surface area contributed by atoms with Crippen LogP contribution >= 0.6 is 0 Å². The van der Waals surface area contributed by atoms with E-state index in [0.29, 0.717) is 0 Å². The molecule has 0 heterocycles. The molecule has 3 rings (SSSR count). The minimum Gasteiger partial charge on any atom is -0.465 e. The molecule has 2 aromatic rings. The maximum atomic E-state index is 12.1. The van der Waals surface area contributed by atoms with E-state index in [2.05, 4.69) is 22.8 Å². The molecular formula is C20H22N2O5. The van der Waals surface area contributed by atoms with Gasteiger partial charge in [-0.05, 0) is 28.7 Å². The summed E-state index contributed by atoms with van der Waals surface area (Å²) in [6, 6.07) is 15.5. The van der Waals surface area contributed by atoms with Crippen LogP contribution in [-0.2, 0) is 4.74 Å². The number of rotatable bonds is 7. The van der Waals surface area contributed by atoms with Gasteiger partial charge in [-0.1, -0.05) is 48.5 Å². The predicted octanol–water partition coefficient (Wildman–Crippen LogP) is 2.54. The molecule has 2 aromatic carbocycles. The number of hydrogen-bond donors (Lipinski definition) is 4. The first-order chi connectivity index (χ1) is 13.1. The molecule has 1 aliphatic rings. The molecule has 7 nitrogen and oxygen atoms in total. The number of aliphatic hydroxyl groups is 1. The van der Waals surface area contributed by atoms with Crippen LogP contribution < -0.4 is 10.6 Å². The summed E-state index contributed by atoms with van der Waals surface area (Å²) >= 11 is 0. The Balaban J connectivity index is 1.59. The third-order valence-electron chi connectivity index (χ3n) is 4.66. The smallest absolute Gasteiger partial charge is 0.407 e. The number of benzene rings is 2. The van der Waals surface area contributed by atoms with E-state index in [1.165, 1.54) is 0 Å². The van der Waals surface area contributed by atoms with Gasteiger partial charge in [0.1, 0.15) is 6.61 Å². The lowest BCUT2D eigenvalue weighted by molar-refractivity contribution is 0.131. The monoisotopic (exact) mass is 370 g/mol. The number of amides is 2. The maximum Gasteiger partial charge on any atom is 0.407 e. The summed E-state index contributed by atoms with van der Waals surface area (Å²) in [5.41, 5.74) is 4.54. The first-order valence-electron chi connectivity index (χ1n) is 8.79. The Morgan fingerprint density at radius 2 is 1.63 bits per heavy atom. The van der Waals surface area contributed by atoms with Crippen molar-refractivity contribution in [1.29, 1.82) is 0 Å². The number of carboxylic acid groups (broad SMARTS) is 1. The Morgan fingerprint density at radius 3 is 2.19 bits per heavy atom. The predicted molar refractivity (Wildman–Crippen MR) is 99.7 cm³/mol. The average molecular weight is 370 g/mol. The average Bonchev–Trinajstić information content (AvgIpc) is 2.99. The molecule has 0 saturated heterocycles. The van der Waals surface area contributed by atoms with Crippen LogP contribution in [0.4, 0.5) is 9.59 Å². The van der Waals surface area contributed by atoms with E-state index in [0.717, 1.165) is 22.3 Å². The molecule has 27 heavy (non-hydrogen) atoms. The van der Waals surface area contributed by atoms with Gasteiger partial charge in [0.05, 0.1) is 12.6 Å². The van der Waals surface area contributed by atoms with Gasteiger partial charge >= 0.3 is 12.2 Å². The first kappa shape index (κ1) is 18.7. The Kier molecular flexibility index (Phi) is 5.93. The van der Waals surface area contributed by atoms with Crippen molar-refractivity contribution in [3.05, 3.63) is 59.7 Å². The van der Waals surface area contributed by atoms with E-state index in [1.807, 2.05) is 36.4 Å². The highest BCUT2D eigenvalue weighted by Gasteiger charge is 2.29. The van der Waals surface area contributed by atoms with Gasteiger partial charge in [0.25, 0.3) is 0 Å². The minimum absolute atomic E-state index is 0.0376. The van der Waals surface area contributed by atoms with E-state index >= 15 is 0 Å². The second kappa shape index (κ2) is 8.55. The molecule has 7 heteroatoms. The van der Waals surface area contributed by atoms with Gasteiger partial charge in [0.15, 0.2) is 0 Å². The van der Waals surface area contributed by atoms with Crippen molar-refractivity contribution in [3.8, 4) is 11.1 Å². The zero-order valence-electron chi connectivity index (χ0n) is 14.7. The lowest BCUT2D eigenvalue weighted by atomic mass is 9.98. The fraction of sp³-hybridized carbons (Fsp3) is 0.300.